The predicted molar refractivity (Wildman–Crippen MR) is 85.2 cm³/mol. The lowest BCUT2D eigenvalue weighted by atomic mass is 10.1. The van der Waals surface area contributed by atoms with Gasteiger partial charge in [0.2, 0.25) is 15.9 Å². The molecule has 0 spiro atoms. The van der Waals surface area contributed by atoms with Crippen molar-refractivity contribution in [2.75, 3.05) is 13.2 Å². The van der Waals surface area contributed by atoms with Crippen LogP contribution in [0.5, 0.6) is 5.75 Å². The van der Waals surface area contributed by atoms with Crippen LogP contribution >= 0.6 is 0 Å². The summed E-state index contributed by atoms with van der Waals surface area (Å²) in [6, 6.07) is 3.14. The summed E-state index contributed by atoms with van der Waals surface area (Å²) in [6.45, 7) is 8.10. The molecule has 1 amide bonds. The summed E-state index contributed by atoms with van der Waals surface area (Å²) in [5.74, 6) is 0.899. The highest BCUT2D eigenvalue weighted by molar-refractivity contribution is 7.89. The van der Waals surface area contributed by atoms with Gasteiger partial charge >= 0.3 is 0 Å². The minimum Gasteiger partial charge on any atom is -0.491 e. The highest BCUT2D eigenvalue weighted by Gasteiger charge is 2.14. The molecule has 22 heavy (non-hydrogen) atoms. The Hall–Kier alpha value is -1.60. The van der Waals surface area contributed by atoms with Gasteiger partial charge in [-0.25, -0.2) is 13.6 Å². The summed E-state index contributed by atoms with van der Waals surface area (Å²) in [4.78, 5) is 11.6. The molecule has 1 aromatic rings. The number of primary sulfonamides is 1. The zero-order valence-corrected chi connectivity index (χ0v) is 14.3. The monoisotopic (exact) mass is 328 g/mol. The molecule has 3 N–H and O–H groups in total. The van der Waals surface area contributed by atoms with Crippen molar-refractivity contribution in [1.29, 1.82) is 0 Å². The Bertz CT molecular complexity index is 639. The molecule has 0 radical (unpaired) electrons. The van der Waals surface area contributed by atoms with E-state index in [2.05, 4.69) is 5.32 Å². The average Bonchev–Trinajstić information content (AvgIpc) is 2.35. The normalized spacial score (nSPS) is 11.5. The lowest BCUT2D eigenvalue weighted by molar-refractivity contribution is -0.121. The van der Waals surface area contributed by atoms with Gasteiger partial charge in [-0.3, -0.25) is 4.79 Å². The van der Waals surface area contributed by atoms with Crippen molar-refractivity contribution in [3.63, 3.8) is 0 Å². The number of carbonyl (C=O) groups is 1. The van der Waals surface area contributed by atoms with Crippen LogP contribution in [0.25, 0.3) is 0 Å². The number of rotatable bonds is 7. The van der Waals surface area contributed by atoms with Crippen molar-refractivity contribution in [2.24, 2.45) is 11.1 Å². The van der Waals surface area contributed by atoms with Crippen molar-refractivity contribution >= 4 is 15.9 Å². The second-order valence-electron chi connectivity index (χ2n) is 5.72. The van der Waals surface area contributed by atoms with Crippen LogP contribution in [-0.4, -0.2) is 27.5 Å². The lowest BCUT2D eigenvalue weighted by Crippen LogP contribution is -2.28. The van der Waals surface area contributed by atoms with Crippen LogP contribution in [0.15, 0.2) is 17.0 Å². The maximum Gasteiger partial charge on any atom is 0.238 e. The van der Waals surface area contributed by atoms with Crippen molar-refractivity contribution in [3.8, 4) is 5.75 Å². The number of hydrogen-bond donors (Lipinski definition) is 2. The van der Waals surface area contributed by atoms with Crippen LogP contribution in [0.3, 0.4) is 0 Å². The second-order valence-corrected chi connectivity index (χ2v) is 7.25. The largest absolute Gasteiger partial charge is 0.491 e. The highest BCUT2D eigenvalue weighted by atomic mass is 32.2. The minimum atomic E-state index is -3.73. The van der Waals surface area contributed by atoms with Gasteiger partial charge in [-0.15, -0.1) is 0 Å². The van der Waals surface area contributed by atoms with Crippen LogP contribution in [-0.2, 0) is 14.8 Å². The summed E-state index contributed by atoms with van der Waals surface area (Å²) in [5, 5.41) is 7.93. The zero-order valence-electron chi connectivity index (χ0n) is 13.5. The standard InChI is InChI=1S/C15H24N2O4S/c1-10(2)7-15(18)17-5-6-21-13-8-12(4)14(9-11(13)3)22(16,19)20/h8-10H,5-7H2,1-4H3,(H,17,18)(H2,16,19,20). The molecule has 0 saturated heterocycles. The predicted octanol–water partition coefficient (Wildman–Crippen LogP) is 1.49. The summed E-state index contributed by atoms with van der Waals surface area (Å²) in [7, 11) is -3.73. The number of aryl methyl sites for hydroxylation is 2. The number of sulfonamides is 1. The van der Waals surface area contributed by atoms with Gasteiger partial charge in [0.1, 0.15) is 12.4 Å². The zero-order chi connectivity index (χ0) is 16.9. The van der Waals surface area contributed by atoms with Crippen molar-refractivity contribution < 1.29 is 17.9 Å². The number of hydrogen-bond acceptors (Lipinski definition) is 4. The maximum atomic E-state index is 11.5. The fourth-order valence-electron chi connectivity index (χ4n) is 2.02. The molecule has 0 aliphatic heterocycles. The molecule has 1 aromatic carbocycles. The molecule has 6 nitrogen and oxygen atoms in total. The van der Waals surface area contributed by atoms with Crippen molar-refractivity contribution in [1.82, 2.24) is 5.32 Å². The van der Waals surface area contributed by atoms with E-state index in [0.29, 0.717) is 42.4 Å². The maximum absolute atomic E-state index is 11.5. The van der Waals surface area contributed by atoms with Crippen LogP contribution in [0.2, 0.25) is 0 Å². The smallest absolute Gasteiger partial charge is 0.238 e. The summed E-state index contributed by atoms with van der Waals surface area (Å²) >= 11 is 0. The van der Waals surface area contributed by atoms with Crippen molar-refractivity contribution in [3.05, 3.63) is 23.3 Å². The third-order valence-electron chi connectivity index (χ3n) is 3.05. The van der Waals surface area contributed by atoms with E-state index < -0.39 is 10.0 Å². The van der Waals surface area contributed by atoms with E-state index in [1.165, 1.54) is 6.07 Å². The first-order valence-corrected chi connectivity index (χ1v) is 8.69. The first-order chi connectivity index (χ1) is 10.1. The Kier molecular flexibility index (Phi) is 6.37. The van der Waals surface area contributed by atoms with Crippen LogP contribution in [0.4, 0.5) is 0 Å². The van der Waals surface area contributed by atoms with E-state index in [0.717, 1.165) is 0 Å². The van der Waals surface area contributed by atoms with Gasteiger partial charge in [-0.05, 0) is 43.0 Å². The molecule has 1 rings (SSSR count). The van der Waals surface area contributed by atoms with Gasteiger partial charge in [0, 0.05) is 6.42 Å². The fraction of sp³-hybridized carbons (Fsp3) is 0.533. The van der Waals surface area contributed by atoms with E-state index in [1.807, 2.05) is 13.8 Å². The molecule has 0 aliphatic rings. The fourth-order valence-corrected chi connectivity index (χ4v) is 2.87. The Labute approximate surface area is 132 Å². The quantitative estimate of drug-likeness (QED) is 0.741. The van der Waals surface area contributed by atoms with Crippen LogP contribution in [0.1, 0.15) is 31.4 Å². The lowest BCUT2D eigenvalue weighted by Gasteiger charge is -2.13. The van der Waals surface area contributed by atoms with Gasteiger partial charge in [0.15, 0.2) is 0 Å². The van der Waals surface area contributed by atoms with Gasteiger partial charge in [-0.2, -0.15) is 0 Å². The highest BCUT2D eigenvalue weighted by Crippen LogP contribution is 2.25. The molecule has 0 bridgehead atoms. The first-order valence-electron chi connectivity index (χ1n) is 7.14. The third kappa shape index (κ3) is 5.65. The van der Waals surface area contributed by atoms with Crippen LogP contribution in [0, 0.1) is 19.8 Å². The topological polar surface area (TPSA) is 98.5 Å². The van der Waals surface area contributed by atoms with E-state index in [-0.39, 0.29) is 10.8 Å². The second kappa shape index (κ2) is 7.60. The average molecular weight is 328 g/mol. The molecular formula is C15H24N2O4S. The summed E-state index contributed by atoms with van der Waals surface area (Å²) in [6.07, 6.45) is 0.487. The van der Waals surface area contributed by atoms with Gasteiger partial charge in [0.25, 0.3) is 0 Å². The number of benzene rings is 1. The molecule has 0 unspecified atom stereocenters. The van der Waals surface area contributed by atoms with Gasteiger partial charge in [-0.1, -0.05) is 13.8 Å². The molecule has 0 saturated carbocycles. The third-order valence-corrected chi connectivity index (χ3v) is 4.11. The number of ether oxygens (including phenoxy) is 1. The van der Waals surface area contributed by atoms with E-state index in [1.54, 1.807) is 19.9 Å². The Morgan fingerprint density at radius 1 is 1.27 bits per heavy atom. The number of nitrogens with one attached hydrogen (secondary N) is 1. The Morgan fingerprint density at radius 2 is 1.91 bits per heavy atom. The summed E-state index contributed by atoms with van der Waals surface area (Å²) < 4.78 is 28.5. The Balaban J connectivity index is 2.61. The minimum absolute atomic E-state index is 0.00363. The molecular weight excluding hydrogens is 304 g/mol. The molecule has 0 fully saturated rings. The summed E-state index contributed by atoms with van der Waals surface area (Å²) in [5.41, 5.74) is 1.22. The molecule has 0 aliphatic carbocycles. The molecule has 0 heterocycles. The number of carbonyl (C=O) groups excluding carboxylic acids is 1. The first kappa shape index (κ1) is 18.4. The molecule has 0 aromatic heterocycles. The van der Waals surface area contributed by atoms with E-state index in [9.17, 15) is 13.2 Å². The van der Waals surface area contributed by atoms with Gasteiger partial charge < -0.3 is 10.1 Å². The van der Waals surface area contributed by atoms with Crippen molar-refractivity contribution in [2.45, 2.75) is 39.0 Å². The number of nitrogens with two attached hydrogens (primary N) is 1. The number of amides is 1. The van der Waals surface area contributed by atoms with E-state index in [4.69, 9.17) is 9.88 Å². The molecule has 7 heteroatoms. The van der Waals surface area contributed by atoms with Crippen LogP contribution < -0.4 is 15.2 Å². The molecule has 0 atom stereocenters. The molecule has 124 valence electrons. The van der Waals surface area contributed by atoms with E-state index >= 15 is 0 Å². The SMILES string of the molecule is Cc1cc(S(N)(=O)=O)c(C)cc1OCCNC(=O)CC(C)C. The Morgan fingerprint density at radius 3 is 2.45 bits per heavy atom. The van der Waals surface area contributed by atoms with Gasteiger partial charge in [0.05, 0.1) is 11.4 Å².